The van der Waals surface area contributed by atoms with Crippen molar-refractivity contribution in [3.05, 3.63) is 70.8 Å². The van der Waals surface area contributed by atoms with Gasteiger partial charge in [-0.3, -0.25) is 0 Å². The number of halogens is 2. The van der Waals surface area contributed by atoms with Crippen LogP contribution in [-0.2, 0) is 25.9 Å². The molecule has 0 aromatic heterocycles. The van der Waals surface area contributed by atoms with E-state index in [9.17, 15) is 0 Å². The third kappa shape index (κ3) is 8.59. The van der Waals surface area contributed by atoms with Gasteiger partial charge in [0.05, 0.1) is 0 Å². The van der Waals surface area contributed by atoms with E-state index in [4.69, 9.17) is 0 Å². The fourth-order valence-electron chi connectivity index (χ4n) is 4.21. The summed E-state index contributed by atoms with van der Waals surface area (Å²) in [7, 11) is 0. The van der Waals surface area contributed by atoms with Gasteiger partial charge >= 0.3 is 0 Å². The van der Waals surface area contributed by atoms with E-state index in [1.807, 2.05) is 0 Å². The quantitative estimate of drug-likeness (QED) is 0.424. The maximum Gasteiger partial charge on any atom is 0.0224 e. The van der Waals surface area contributed by atoms with Gasteiger partial charge in [0.1, 0.15) is 0 Å². The predicted octanol–water partition coefficient (Wildman–Crippen LogP) is 6.63. The molecule has 2 nitrogen and oxygen atoms in total. The van der Waals surface area contributed by atoms with Crippen LogP contribution in [0.15, 0.2) is 48.5 Å². The maximum absolute atomic E-state index is 3.84. The Bertz CT molecular complexity index is 685. The Morgan fingerprint density at radius 2 is 1.10 bits per heavy atom. The predicted molar refractivity (Wildman–Crippen MR) is 135 cm³/mol. The topological polar surface area (TPSA) is 24.1 Å². The monoisotopic (exact) mass is 450 g/mol. The van der Waals surface area contributed by atoms with Crippen LogP contribution in [0.1, 0.15) is 74.6 Å². The standard InChI is InChI=1S/C26H38N2.2ClH/c1-3-5-8-22-13-17-24(18-14-22)20-28-26-10-7-6-9-25(26)27-19-23-15-11-21(4-2)12-16-23;;/h11-18,25-28H,3-10,19-20H2,1-2H3;2*1H. The van der Waals surface area contributed by atoms with Gasteiger partial charge < -0.3 is 10.6 Å². The van der Waals surface area contributed by atoms with Crippen molar-refractivity contribution in [3.8, 4) is 0 Å². The molecule has 0 bridgehead atoms. The Morgan fingerprint density at radius 1 is 0.667 bits per heavy atom. The van der Waals surface area contributed by atoms with Crippen molar-refractivity contribution in [3.63, 3.8) is 0 Å². The minimum absolute atomic E-state index is 0. The molecule has 30 heavy (non-hydrogen) atoms. The van der Waals surface area contributed by atoms with E-state index >= 15 is 0 Å². The van der Waals surface area contributed by atoms with Crippen molar-refractivity contribution in [2.24, 2.45) is 0 Å². The lowest BCUT2D eigenvalue weighted by Crippen LogP contribution is -2.49. The number of hydrogen-bond acceptors (Lipinski definition) is 2. The van der Waals surface area contributed by atoms with Gasteiger partial charge in [0, 0.05) is 25.2 Å². The minimum atomic E-state index is 0. The fourth-order valence-corrected chi connectivity index (χ4v) is 4.21. The van der Waals surface area contributed by atoms with Crippen LogP contribution in [0.2, 0.25) is 0 Å². The van der Waals surface area contributed by atoms with Gasteiger partial charge in [-0.1, -0.05) is 81.6 Å². The summed E-state index contributed by atoms with van der Waals surface area (Å²) in [4.78, 5) is 0. The average Bonchev–Trinajstić information content (AvgIpc) is 2.76. The van der Waals surface area contributed by atoms with E-state index in [1.54, 1.807) is 0 Å². The summed E-state index contributed by atoms with van der Waals surface area (Å²) in [5, 5.41) is 7.67. The molecule has 0 aliphatic heterocycles. The van der Waals surface area contributed by atoms with Gasteiger partial charge in [0.25, 0.3) is 0 Å². The smallest absolute Gasteiger partial charge is 0.0224 e. The zero-order chi connectivity index (χ0) is 19.6. The van der Waals surface area contributed by atoms with Crippen LogP contribution in [0.5, 0.6) is 0 Å². The molecule has 0 heterocycles. The van der Waals surface area contributed by atoms with Gasteiger partial charge in [0.2, 0.25) is 0 Å². The number of aryl methyl sites for hydroxylation is 2. The first-order valence-electron chi connectivity index (χ1n) is 11.4. The van der Waals surface area contributed by atoms with E-state index in [-0.39, 0.29) is 24.8 Å². The molecule has 1 aliphatic carbocycles. The molecule has 0 amide bonds. The van der Waals surface area contributed by atoms with Crippen molar-refractivity contribution >= 4 is 24.8 Å². The summed E-state index contributed by atoms with van der Waals surface area (Å²) in [5.41, 5.74) is 5.68. The molecule has 2 aromatic carbocycles. The first-order chi connectivity index (χ1) is 13.8. The molecule has 1 aliphatic rings. The van der Waals surface area contributed by atoms with E-state index in [0.717, 1.165) is 19.5 Å². The van der Waals surface area contributed by atoms with Crippen LogP contribution in [0.3, 0.4) is 0 Å². The number of nitrogens with one attached hydrogen (secondary N) is 2. The van der Waals surface area contributed by atoms with Crippen molar-refractivity contribution in [2.45, 2.75) is 90.4 Å². The van der Waals surface area contributed by atoms with E-state index in [2.05, 4.69) is 73.0 Å². The average molecular weight is 452 g/mol. The Balaban J connectivity index is 0.00000225. The molecule has 2 aromatic rings. The molecule has 0 saturated heterocycles. The Labute approximate surface area is 196 Å². The van der Waals surface area contributed by atoms with Crippen molar-refractivity contribution in [2.75, 3.05) is 0 Å². The van der Waals surface area contributed by atoms with Gasteiger partial charge in [-0.2, -0.15) is 0 Å². The van der Waals surface area contributed by atoms with Crippen LogP contribution in [-0.4, -0.2) is 12.1 Å². The number of unbranched alkanes of at least 4 members (excludes halogenated alkanes) is 1. The third-order valence-electron chi connectivity index (χ3n) is 6.18. The van der Waals surface area contributed by atoms with Crippen LogP contribution < -0.4 is 10.6 Å². The first kappa shape index (κ1) is 27.0. The summed E-state index contributed by atoms with van der Waals surface area (Å²) in [6, 6.07) is 19.4. The lowest BCUT2D eigenvalue weighted by molar-refractivity contribution is 0.281. The second-order valence-electron chi connectivity index (χ2n) is 8.35. The van der Waals surface area contributed by atoms with Crippen LogP contribution >= 0.6 is 24.8 Å². The van der Waals surface area contributed by atoms with E-state index in [0.29, 0.717) is 12.1 Å². The van der Waals surface area contributed by atoms with Crippen molar-refractivity contribution in [1.82, 2.24) is 10.6 Å². The Morgan fingerprint density at radius 3 is 1.53 bits per heavy atom. The summed E-state index contributed by atoms with van der Waals surface area (Å²) in [6.07, 6.45) is 10.1. The second kappa shape index (κ2) is 14.9. The zero-order valence-electron chi connectivity index (χ0n) is 18.7. The van der Waals surface area contributed by atoms with Gasteiger partial charge in [-0.25, -0.2) is 0 Å². The largest absolute Gasteiger partial charge is 0.308 e. The lowest BCUT2D eigenvalue weighted by atomic mass is 9.90. The molecule has 2 N–H and O–H groups in total. The summed E-state index contributed by atoms with van der Waals surface area (Å²) in [5.74, 6) is 0. The highest BCUT2D eigenvalue weighted by Crippen LogP contribution is 2.20. The molecule has 168 valence electrons. The van der Waals surface area contributed by atoms with Gasteiger partial charge in [-0.15, -0.1) is 24.8 Å². The number of benzene rings is 2. The number of rotatable bonds is 10. The highest BCUT2D eigenvalue weighted by Gasteiger charge is 2.24. The Kier molecular flexibility index (Phi) is 13.4. The van der Waals surface area contributed by atoms with Crippen molar-refractivity contribution in [1.29, 1.82) is 0 Å². The fraction of sp³-hybridized carbons (Fsp3) is 0.538. The highest BCUT2D eigenvalue weighted by atomic mass is 35.5. The summed E-state index contributed by atoms with van der Waals surface area (Å²) < 4.78 is 0. The molecule has 1 saturated carbocycles. The van der Waals surface area contributed by atoms with Gasteiger partial charge in [-0.05, 0) is 54.4 Å². The summed E-state index contributed by atoms with van der Waals surface area (Å²) >= 11 is 0. The Hall–Kier alpha value is -1.06. The molecule has 1 fully saturated rings. The molecule has 2 atom stereocenters. The maximum atomic E-state index is 3.84. The lowest BCUT2D eigenvalue weighted by Gasteiger charge is -2.33. The van der Waals surface area contributed by atoms with Crippen LogP contribution in [0.25, 0.3) is 0 Å². The molecule has 3 rings (SSSR count). The summed E-state index contributed by atoms with van der Waals surface area (Å²) in [6.45, 7) is 6.42. The zero-order valence-corrected chi connectivity index (χ0v) is 20.3. The number of hydrogen-bond donors (Lipinski definition) is 2. The van der Waals surface area contributed by atoms with Gasteiger partial charge in [0.15, 0.2) is 0 Å². The molecule has 4 heteroatoms. The van der Waals surface area contributed by atoms with E-state index in [1.165, 1.54) is 67.2 Å². The highest BCUT2D eigenvalue weighted by molar-refractivity contribution is 5.85. The minimum Gasteiger partial charge on any atom is -0.308 e. The third-order valence-corrected chi connectivity index (χ3v) is 6.18. The normalized spacial score (nSPS) is 18.3. The molecule has 0 radical (unpaired) electrons. The second-order valence-corrected chi connectivity index (χ2v) is 8.35. The molecule has 2 unspecified atom stereocenters. The van der Waals surface area contributed by atoms with Crippen LogP contribution in [0, 0.1) is 0 Å². The van der Waals surface area contributed by atoms with E-state index < -0.39 is 0 Å². The van der Waals surface area contributed by atoms with Crippen LogP contribution in [0.4, 0.5) is 0 Å². The SMILES string of the molecule is CCCCc1ccc(CNC2CCCCC2NCc2ccc(CC)cc2)cc1.Cl.Cl. The molecule has 0 spiro atoms. The van der Waals surface area contributed by atoms with Crippen molar-refractivity contribution < 1.29 is 0 Å². The molecular formula is C26H40Cl2N2. The molecular weight excluding hydrogens is 411 g/mol. The first-order valence-corrected chi connectivity index (χ1v) is 11.4.